The molecule has 216 valence electrons. The maximum atomic E-state index is 13.5. The van der Waals surface area contributed by atoms with Crippen LogP contribution in [0.4, 0.5) is 5.69 Å². The lowest BCUT2D eigenvalue weighted by Gasteiger charge is -2.39. The van der Waals surface area contributed by atoms with E-state index in [9.17, 15) is 13.2 Å². The Morgan fingerprint density at radius 2 is 1.26 bits per heavy atom. The molecular formula is C36H33N3O3S. The van der Waals surface area contributed by atoms with Gasteiger partial charge >= 0.3 is 0 Å². The van der Waals surface area contributed by atoms with Crippen LogP contribution in [-0.2, 0) is 14.8 Å². The molecule has 1 fully saturated rings. The topological polar surface area (TPSA) is 69.7 Å². The smallest absolute Gasteiger partial charge is 0.248 e. The Labute approximate surface area is 253 Å². The Kier molecular flexibility index (Phi) is 8.47. The number of carbonyl (C=O) groups is 1. The molecule has 1 aliphatic heterocycles. The lowest BCUT2D eigenvalue weighted by Crippen LogP contribution is -2.49. The standard InChI is InChI=1S/C36H33N3O3S/c40-35(23-18-29-16-9-15-28-10-7-8-17-34(28)29)37-32-19-21-33(22-20-32)43(41,42)39-26-24-38(25-27-39)36(30-11-3-1-4-12-30)31-13-5-2-6-14-31/h1-23,36H,24-27H2,(H,37,40). The molecule has 0 bridgehead atoms. The van der Waals surface area contributed by atoms with Gasteiger partial charge in [-0.15, -0.1) is 0 Å². The number of anilines is 1. The van der Waals surface area contributed by atoms with Crippen molar-refractivity contribution in [1.82, 2.24) is 9.21 Å². The molecule has 5 aromatic carbocycles. The SMILES string of the molecule is O=C(C=Cc1cccc2ccccc12)Nc1ccc(S(=O)(=O)N2CCN(C(c3ccccc3)c3ccccc3)CC2)cc1. The Hall–Kier alpha value is -4.56. The first-order chi connectivity index (χ1) is 21.0. The second kappa shape index (κ2) is 12.8. The van der Waals surface area contributed by atoms with Crippen LogP contribution in [0.5, 0.6) is 0 Å². The van der Waals surface area contributed by atoms with Crippen molar-refractivity contribution in [3.63, 3.8) is 0 Å². The number of piperazine rings is 1. The third kappa shape index (κ3) is 6.44. The molecule has 7 heteroatoms. The molecule has 5 aromatic rings. The van der Waals surface area contributed by atoms with Gasteiger partial charge in [-0.2, -0.15) is 4.31 Å². The third-order valence-electron chi connectivity index (χ3n) is 7.87. The van der Waals surface area contributed by atoms with Crippen molar-refractivity contribution in [3.05, 3.63) is 150 Å². The van der Waals surface area contributed by atoms with Crippen molar-refractivity contribution < 1.29 is 13.2 Å². The number of benzene rings is 5. The van der Waals surface area contributed by atoms with Gasteiger partial charge in [-0.1, -0.05) is 103 Å². The third-order valence-corrected chi connectivity index (χ3v) is 9.78. The molecule has 43 heavy (non-hydrogen) atoms. The van der Waals surface area contributed by atoms with Crippen LogP contribution in [0, 0.1) is 0 Å². The van der Waals surface area contributed by atoms with E-state index in [1.165, 1.54) is 17.2 Å². The van der Waals surface area contributed by atoms with Crippen LogP contribution in [-0.4, -0.2) is 49.7 Å². The number of carbonyl (C=O) groups excluding carboxylic acids is 1. The molecule has 6 rings (SSSR count). The van der Waals surface area contributed by atoms with Gasteiger partial charge in [0.2, 0.25) is 15.9 Å². The molecule has 0 saturated carbocycles. The van der Waals surface area contributed by atoms with Crippen LogP contribution in [0.2, 0.25) is 0 Å². The monoisotopic (exact) mass is 587 g/mol. The Bertz CT molecular complexity index is 1790. The average molecular weight is 588 g/mol. The van der Waals surface area contributed by atoms with E-state index in [-0.39, 0.29) is 16.8 Å². The Balaban J connectivity index is 1.10. The highest BCUT2D eigenvalue weighted by atomic mass is 32.2. The second-order valence-electron chi connectivity index (χ2n) is 10.6. The predicted molar refractivity (Wildman–Crippen MR) is 173 cm³/mol. The predicted octanol–water partition coefficient (Wildman–Crippen LogP) is 6.59. The van der Waals surface area contributed by atoms with E-state index >= 15 is 0 Å². The van der Waals surface area contributed by atoms with Crippen LogP contribution in [0.25, 0.3) is 16.8 Å². The molecule has 1 aliphatic rings. The number of rotatable bonds is 8. The number of nitrogens with one attached hydrogen (secondary N) is 1. The van der Waals surface area contributed by atoms with Crippen molar-refractivity contribution in [2.24, 2.45) is 0 Å². The number of fused-ring (bicyclic) bond motifs is 1. The number of sulfonamides is 1. The minimum atomic E-state index is -3.67. The summed E-state index contributed by atoms with van der Waals surface area (Å²) < 4.78 is 28.6. The lowest BCUT2D eigenvalue weighted by molar-refractivity contribution is -0.111. The van der Waals surface area contributed by atoms with Gasteiger partial charge in [0.1, 0.15) is 0 Å². The van der Waals surface area contributed by atoms with Crippen LogP contribution in [0.15, 0.2) is 138 Å². The van der Waals surface area contributed by atoms with Gasteiger partial charge in [-0.3, -0.25) is 9.69 Å². The van der Waals surface area contributed by atoms with E-state index in [0.29, 0.717) is 31.9 Å². The molecular weight excluding hydrogens is 554 g/mol. The quantitative estimate of drug-likeness (QED) is 0.208. The summed E-state index contributed by atoms with van der Waals surface area (Å²) in [5.41, 5.74) is 3.86. The summed E-state index contributed by atoms with van der Waals surface area (Å²) in [7, 11) is -3.67. The lowest BCUT2D eigenvalue weighted by atomic mass is 9.96. The molecule has 1 saturated heterocycles. The molecule has 0 aromatic heterocycles. The zero-order valence-corrected chi connectivity index (χ0v) is 24.5. The number of nitrogens with zero attached hydrogens (tertiary/aromatic N) is 2. The van der Waals surface area contributed by atoms with E-state index in [2.05, 4.69) is 34.5 Å². The Morgan fingerprint density at radius 3 is 1.91 bits per heavy atom. The van der Waals surface area contributed by atoms with Gasteiger partial charge in [0, 0.05) is 37.9 Å². The summed E-state index contributed by atoms with van der Waals surface area (Å²) in [6.07, 6.45) is 3.28. The molecule has 6 nitrogen and oxygen atoms in total. The van der Waals surface area contributed by atoms with Crippen LogP contribution >= 0.6 is 0 Å². The number of hydrogen-bond donors (Lipinski definition) is 1. The zero-order valence-electron chi connectivity index (χ0n) is 23.7. The molecule has 1 N–H and O–H groups in total. The molecule has 1 amide bonds. The van der Waals surface area contributed by atoms with Gasteiger partial charge in [-0.25, -0.2) is 8.42 Å². The van der Waals surface area contributed by atoms with Gasteiger partial charge in [0.25, 0.3) is 0 Å². The molecule has 0 spiro atoms. The van der Waals surface area contributed by atoms with E-state index < -0.39 is 10.0 Å². The molecule has 0 unspecified atom stereocenters. The maximum Gasteiger partial charge on any atom is 0.248 e. The molecule has 0 atom stereocenters. The zero-order chi connectivity index (χ0) is 29.6. The summed E-state index contributed by atoms with van der Waals surface area (Å²) in [6.45, 7) is 2.03. The molecule has 0 radical (unpaired) electrons. The normalized spacial score (nSPS) is 14.8. The van der Waals surface area contributed by atoms with Crippen molar-refractivity contribution in [2.75, 3.05) is 31.5 Å². The van der Waals surface area contributed by atoms with Crippen molar-refractivity contribution >= 4 is 38.5 Å². The highest BCUT2D eigenvalue weighted by Crippen LogP contribution is 2.30. The van der Waals surface area contributed by atoms with Crippen molar-refractivity contribution in [2.45, 2.75) is 10.9 Å². The van der Waals surface area contributed by atoms with Gasteiger partial charge in [0.05, 0.1) is 10.9 Å². The average Bonchev–Trinajstić information content (AvgIpc) is 3.05. The molecule has 1 heterocycles. The number of hydrogen-bond acceptors (Lipinski definition) is 4. The van der Waals surface area contributed by atoms with Crippen LogP contribution in [0.3, 0.4) is 0 Å². The van der Waals surface area contributed by atoms with Crippen LogP contribution < -0.4 is 5.32 Å². The van der Waals surface area contributed by atoms with Gasteiger partial charge in [-0.05, 0) is 57.8 Å². The summed E-state index contributed by atoms with van der Waals surface area (Å²) >= 11 is 0. The van der Waals surface area contributed by atoms with Crippen molar-refractivity contribution in [1.29, 1.82) is 0 Å². The first-order valence-electron chi connectivity index (χ1n) is 14.4. The fraction of sp³-hybridized carbons (Fsp3) is 0.139. The summed E-state index contributed by atoms with van der Waals surface area (Å²) in [5, 5.41) is 5.00. The highest BCUT2D eigenvalue weighted by Gasteiger charge is 2.32. The van der Waals surface area contributed by atoms with Crippen LogP contribution in [0.1, 0.15) is 22.7 Å². The fourth-order valence-electron chi connectivity index (χ4n) is 5.69. The van der Waals surface area contributed by atoms with Gasteiger partial charge < -0.3 is 5.32 Å². The summed E-state index contributed by atoms with van der Waals surface area (Å²) in [6, 6.07) is 41.1. The number of amides is 1. The van der Waals surface area contributed by atoms with Gasteiger partial charge in [0.15, 0.2) is 0 Å². The molecule has 0 aliphatic carbocycles. The first-order valence-corrected chi connectivity index (χ1v) is 15.8. The minimum absolute atomic E-state index is 0.0600. The van der Waals surface area contributed by atoms with E-state index in [4.69, 9.17) is 0 Å². The second-order valence-corrected chi connectivity index (χ2v) is 12.5. The van der Waals surface area contributed by atoms with E-state index in [0.717, 1.165) is 16.3 Å². The minimum Gasteiger partial charge on any atom is -0.323 e. The summed E-state index contributed by atoms with van der Waals surface area (Å²) in [5.74, 6) is -0.286. The van der Waals surface area contributed by atoms with E-state index in [1.807, 2.05) is 78.9 Å². The Morgan fingerprint density at radius 1 is 0.674 bits per heavy atom. The largest absolute Gasteiger partial charge is 0.323 e. The van der Waals surface area contributed by atoms with Crippen molar-refractivity contribution in [3.8, 4) is 0 Å². The summed E-state index contributed by atoms with van der Waals surface area (Å²) in [4.78, 5) is 15.2. The highest BCUT2D eigenvalue weighted by molar-refractivity contribution is 7.89. The maximum absolute atomic E-state index is 13.5. The van der Waals surface area contributed by atoms with E-state index in [1.54, 1.807) is 34.6 Å². The fourth-order valence-corrected chi connectivity index (χ4v) is 7.11. The first kappa shape index (κ1) is 28.6.